The summed E-state index contributed by atoms with van der Waals surface area (Å²) in [6.07, 6.45) is 0.840. The van der Waals surface area contributed by atoms with Crippen LogP contribution in [0.1, 0.15) is 35.9 Å². The molecule has 3 rings (SSSR count). The fourth-order valence-electron chi connectivity index (χ4n) is 2.67. The van der Waals surface area contributed by atoms with Crippen molar-refractivity contribution in [2.75, 3.05) is 26.2 Å². The van der Waals surface area contributed by atoms with Crippen molar-refractivity contribution in [1.82, 2.24) is 19.9 Å². The molecule has 2 aromatic rings. The Balaban J connectivity index is 1.49. The molecule has 7 heteroatoms. The minimum atomic E-state index is 0.128. The van der Waals surface area contributed by atoms with Gasteiger partial charge in [0.05, 0.1) is 12.1 Å². The van der Waals surface area contributed by atoms with Crippen LogP contribution >= 0.6 is 11.3 Å². The lowest BCUT2D eigenvalue weighted by atomic mass is 10.1. The summed E-state index contributed by atoms with van der Waals surface area (Å²) in [5, 5.41) is 7.87. The standard InChI is InChI=1S/C16H22N4O2S/c1-12(2)9-14-17-15(22-18-14)10-19-4-6-20(7-5-19)16(21)13-3-8-23-11-13/h3,8,11-12H,4-7,9-10H2,1-2H3. The average Bonchev–Trinajstić information content (AvgIpc) is 3.19. The smallest absolute Gasteiger partial charge is 0.254 e. The van der Waals surface area contributed by atoms with Crippen molar-refractivity contribution in [3.05, 3.63) is 34.1 Å². The molecule has 0 spiro atoms. The molecule has 0 unspecified atom stereocenters. The Morgan fingerprint density at radius 2 is 2.13 bits per heavy atom. The number of aromatic nitrogens is 2. The van der Waals surface area contributed by atoms with Gasteiger partial charge in [-0.05, 0) is 17.4 Å². The second-order valence-electron chi connectivity index (χ2n) is 6.28. The van der Waals surface area contributed by atoms with Crippen molar-refractivity contribution >= 4 is 17.2 Å². The molecule has 1 fully saturated rings. The van der Waals surface area contributed by atoms with Gasteiger partial charge in [-0.25, -0.2) is 0 Å². The van der Waals surface area contributed by atoms with Crippen LogP contribution in [0.3, 0.4) is 0 Å². The lowest BCUT2D eigenvalue weighted by Crippen LogP contribution is -2.48. The molecule has 23 heavy (non-hydrogen) atoms. The van der Waals surface area contributed by atoms with Crippen LogP contribution in [-0.4, -0.2) is 52.0 Å². The van der Waals surface area contributed by atoms with Crippen LogP contribution in [0, 0.1) is 5.92 Å². The quantitative estimate of drug-likeness (QED) is 0.839. The Morgan fingerprint density at radius 3 is 2.78 bits per heavy atom. The highest BCUT2D eigenvalue weighted by Gasteiger charge is 2.23. The van der Waals surface area contributed by atoms with E-state index in [9.17, 15) is 4.79 Å². The number of piperazine rings is 1. The first-order chi connectivity index (χ1) is 11.1. The van der Waals surface area contributed by atoms with Crippen LogP contribution in [0.5, 0.6) is 0 Å². The number of hydrogen-bond donors (Lipinski definition) is 0. The molecular weight excluding hydrogens is 312 g/mol. The Hall–Kier alpha value is -1.73. The zero-order valence-electron chi connectivity index (χ0n) is 13.6. The van der Waals surface area contributed by atoms with E-state index in [-0.39, 0.29) is 5.91 Å². The van der Waals surface area contributed by atoms with E-state index in [1.165, 1.54) is 0 Å². The molecule has 0 aliphatic carbocycles. The molecule has 1 amide bonds. The Morgan fingerprint density at radius 1 is 1.35 bits per heavy atom. The lowest BCUT2D eigenvalue weighted by molar-refractivity contribution is 0.0615. The third kappa shape index (κ3) is 4.17. The van der Waals surface area contributed by atoms with Crippen molar-refractivity contribution in [3.8, 4) is 0 Å². The number of rotatable bonds is 5. The Kier molecular flexibility index (Phi) is 5.07. The number of amides is 1. The minimum absolute atomic E-state index is 0.128. The third-order valence-electron chi connectivity index (χ3n) is 3.89. The molecule has 3 heterocycles. The highest BCUT2D eigenvalue weighted by atomic mass is 32.1. The van der Waals surface area contributed by atoms with Crippen LogP contribution in [0.4, 0.5) is 0 Å². The van der Waals surface area contributed by atoms with E-state index >= 15 is 0 Å². The first kappa shape index (κ1) is 16.1. The van der Waals surface area contributed by atoms with Gasteiger partial charge in [-0.2, -0.15) is 16.3 Å². The van der Waals surface area contributed by atoms with E-state index in [2.05, 4.69) is 28.9 Å². The number of carbonyl (C=O) groups is 1. The molecule has 0 N–H and O–H groups in total. The van der Waals surface area contributed by atoms with Gasteiger partial charge in [0.1, 0.15) is 0 Å². The predicted octanol–water partition coefficient (Wildman–Crippen LogP) is 2.29. The summed E-state index contributed by atoms with van der Waals surface area (Å²) in [6, 6.07) is 1.88. The molecule has 1 saturated heterocycles. The van der Waals surface area contributed by atoms with Crippen molar-refractivity contribution in [2.45, 2.75) is 26.8 Å². The van der Waals surface area contributed by atoms with Crippen molar-refractivity contribution in [1.29, 1.82) is 0 Å². The van der Waals surface area contributed by atoms with Gasteiger partial charge in [0.15, 0.2) is 5.82 Å². The number of carbonyl (C=O) groups excluding carboxylic acids is 1. The molecule has 0 aromatic carbocycles. The summed E-state index contributed by atoms with van der Waals surface area (Å²) >= 11 is 1.56. The highest BCUT2D eigenvalue weighted by Crippen LogP contribution is 2.13. The first-order valence-corrected chi connectivity index (χ1v) is 8.91. The zero-order valence-corrected chi connectivity index (χ0v) is 14.4. The van der Waals surface area contributed by atoms with E-state index in [4.69, 9.17) is 4.52 Å². The maximum atomic E-state index is 12.3. The van der Waals surface area contributed by atoms with Gasteiger partial charge < -0.3 is 9.42 Å². The summed E-state index contributed by atoms with van der Waals surface area (Å²) in [4.78, 5) is 20.9. The number of nitrogens with zero attached hydrogens (tertiary/aromatic N) is 4. The fraction of sp³-hybridized carbons (Fsp3) is 0.562. The van der Waals surface area contributed by atoms with Gasteiger partial charge in [-0.1, -0.05) is 19.0 Å². The fourth-order valence-corrected chi connectivity index (χ4v) is 3.30. The Bertz CT molecular complexity index is 630. The van der Waals surface area contributed by atoms with Crippen molar-refractivity contribution in [3.63, 3.8) is 0 Å². The van der Waals surface area contributed by atoms with E-state index in [0.717, 1.165) is 44.0 Å². The predicted molar refractivity (Wildman–Crippen MR) is 88.3 cm³/mol. The Labute approximate surface area is 140 Å². The van der Waals surface area contributed by atoms with E-state index in [1.54, 1.807) is 11.3 Å². The number of thiophene rings is 1. The summed E-state index contributed by atoms with van der Waals surface area (Å²) in [5.74, 6) is 2.09. The van der Waals surface area contributed by atoms with Gasteiger partial charge in [0.25, 0.3) is 5.91 Å². The number of hydrogen-bond acceptors (Lipinski definition) is 6. The maximum Gasteiger partial charge on any atom is 0.254 e. The van der Waals surface area contributed by atoms with Crippen LogP contribution in [-0.2, 0) is 13.0 Å². The summed E-state index contributed by atoms with van der Waals surface area (Å²) in [5.41, 5.74) is 0.790. The van der Waals surface area contributed by atoms with Crippen molar-refractivity contribution in [2.24, 2.45) is 5.92 Å². The summed E-state index contributed by atoms with van der Waals surface area (Å²) in [6.45, 7) is 8.07. The average molecular weight is 334 g/mol. The second-order valence-corrected chi connectivity index (χ2v) is 7.06. The van der Waals surface area contributed by atoms with Crippen LogP contribution in [0.15, 0.2) is 21.3 Å². The molecule has 124 valence electrons. The molecule has 1 aliphatic heterocycles. The SMILES string of the molecule is CC(C)Cc1noc(CN2CCN(C(=O)c3ccsc3)CC2)n1. The monoisotopic (exact) mass is 334 g/mol. The van der Waals surface area contributed by atoms with Gasteiger partial charge in [0, 0.05) is 38.0 Å². The molecule has 2 aromatic heterocycles. The lowest BCUT2D eigenvalue weighted by Gasteiger charge is -2.33. The largest absolute Gasteiger partial charge is 0.338 e. The first-order valence-electron chi connectivity index (χ1n) is 7.97. The molecule has 0 saturated carbocycles. The van der Waals surface area contributed by atoms with Gasteiger partial charge in [0.2, 0.25) is 5.89 Å². The summed E-state index contributed by atoms with van der Waals surface area (Å²) < 4.78 is 5.32. The van der Waals surface area contributed by atoms with Crippen LogP contribution < -0.4 is 0 Å². The second kappa shape index (κ2) is 7.23. The normalized spacial score (nSPS) is 16.2. The highest BCUT2D eigenvalue weighted by molar-refractivity contribution is 7.08. The molecule has 6 nitrogen and oxygen atoms in total. The topological polar surface area (TPSA) is 62.5 Å². The van der Waals surface area contributed by atoms with E-state index in [0.29, 0.717) is 18.4 Å². The minimum Gasteiger partial charge on any atom is -0.338 e. The third-order valence-corrected chi connectivity index (χ3v) is 4.57. The molecule has 0 bridgehead atoms. The molecular formula is C16H22N4O2S. The van der Waals surface area contributed by atoms with E-state index in [1.807, 2.05) is 21.7 Å². The molecule has 1 aliphatic rings. The summed E-state index contributed by atoms with van der Waals surface area (Å²) in [7, 11) is 0. The van der Waals surface area contributed by atoms with Gasteiger partial charge in [-0.3, -0.25) is 9.69 Å². The van der Waals surface area contributed by atoms with Gasteiger partial charge in [-0.15, -0.1) is 0 Å². The molecule has 0 atom stereocenters. The maximum absolute atomic E-state index is 12.3. The zero-order chi connectivity index (χ0) is 16.2. The van der Waals surface area contributed by atoms with Gasteiger partial charge >= 0.3 is 0 Å². The molecule has 0 radical (unpaired) electrons. The van der Waals surface area contributed by atoms with Crippen LogP contribution in [0.25, 0.3) is 0 Å². The van der Waals surface area contributed by atoms with E-state index < -0.39 is 0 Å². The van der Waals surface area contributed by atoms with Crippen molar-refractivity contribution < 1.29 is 9.32 Å². The van der Waals surface area contributed by atoms with Crippen LogP contribution in [0.2, 0.25) is 0 Å².